The minimum atomic E-state index is -0.226. The highest BCUT2D eigenvalue weighted by Gasteiger charge is 2.19. The van der Waals surface area contributed by atoms with Crippen LogP contribution >= 0.6 is 15.9 Å². The lowest BCUT2D eigenvalue weighted by Crippen LogP contribution is -2.29. The van der Waals surface area contributed by atoms with E-state index >= 15 is 0 Å². The van der Waals surface area contributed by atoms with E-state index in [9.17, 15) is 4.39 Å². The van der Waals surface area contributed by atoms with Gasteiger partial charge in [0.1, 0.15) is 11.6 Å². The molecule has 2 rings (SSSR count). The van der Waals surface area contributed by atoms with Crippen LogP contribution in [0.3, 0.4) is 0 Å². The normalized spacial score (nSPS) is 12.9. The number of benzene rings is 1. The first-order valence-corrected chi connectivity index (χ1v) is 6.79. The molecule has 0 aliphatic carbocycles. The molecule has 1 aromatic heterocycles. The highest BCUT2D eigenvalue weighted by molar-refractivity contribution is 9.10. The molecule has 102 valence electrons. The summed E-state index contributed by atoms with van der Waals surface area (Å²) in [5.74, 6) is 0.573. The van der Waals surface area contributed by atoms with Gasteiger partial charge in [0, 0.05) is 13.1 Å². The number of nitrogens with zero attached hydrogens (tertiary/aromatic N) is 1. The molecule has 0 fully saturated rings. The van der Waals surface area contributed by atoms with Gasteiger partial charge < -0.3 is 10.2 Å². The maximum Gasteiger partial charge on any atom is 0.169 e. The van der Waals surface area contributed by atoms with Crippen molar-refractivity contribution in [3.63, 3.8) is 0 Å². The zero-order valence-corrected chi connectivity index (χ0v) is 12.2. The SMILES string of the molecule is CN(Cc1cccc(F)c1)C(CN)c1ccc(Br)o1. The molecule has 0 radical (unpaired) electrons. The first-order chi connectivity index (χ1) is 9.10. The van der Waals surface area contributed by atoms with Crippen LogP contribution in [0, 0.1) is 5.82 Å². The van der Waals surface area contributed by atoms with E-state index in [-0.39, 0.29) is 11.9 Å². The fourth-order valence-electron chi connectivity index (χ4n) is 2.05. The average molecular weight is 327 g/mol. The second kappa shape index (κ2) is 6.32. The Hall–Kier alpha value is -1.17. The van der Waals surface area contributed by atoms with Gasteiger partial charge in [0.2, 0.25) is 0 Å². The van der Waals surface area contributed by atoms with Crippen LogP contribution in [0.15, 0.2) is 45.5 Å². The quantitative estimate of drug-likeness (QED) is 0.916. The topological polar surface area (TPSA) is 42.4 Å². The molecule has 0 aliphatic heterocycles. The van der Waals surface area contributed by atoms with Crippen molar-refractivity contribution < 1.29 is 8.81 Å². The number of nitrogens with two attached hydrogens (primary N) is 1. The zero-order chi connectivity index (χ0) is 13.8. The van der Waals surface area contributed by atoms with E-state index in [1.54, 1.807) is 6.07 Å². The lowest BCUT2D eigenvalue weighted by Gasteiger charge is -2.25. The highest BCUT2D eigenvalue weighted by Crippen LogP contribution is 2.24. The minimum Gasteiger partial charge on any atom is -0.453 e. The van der Waals surface area contributed by atoms with E-state index in [0.717, 1.165) is 11.3 Å². The third-order valence-corrected chi connectivity index (χ3v) is 3.42. The van der Waals surface area contributed by atoms with Gasteiger partial charge in [-0.1, -0.05) is 12.1 Å². The summed E-state index contributed by atoms with van der Waals surface area (Å²) in [5, 5.41) is 0. The van der Waals surface area contributed by atoms with Gasteiger partial charge in [-0.05, 0) is 52.8 Å². The summed E-state index contributed by atoms with van der Waals surface area (Å²) < 4.78 is 19.4. The average Bonchev–Trinajstić information content (AvgIpc) is 2.76. The Balaban J connectivity index is 2.11. The third-order valence-electron chi connectivity index (χ3n) is 3.00. The lowest BCUT2D eigenvalue weighted by atomic mass is 10.1. The third kappa shape index (κ3) is 3.65. The molecule has 0 aliphatic rings. The van der Waals surface area contributed by atoms with Gasteiger partial charge in [0.15, 0.2) is 4.67 Å². The molecule has 0 saturated carbocycles. The molecule has 2 N–H and O–H groups in total. The van der Waals surface area contributed by atoms with Crippen molar-refractivity contribution in [3.05, 3.63) is 58.2 Å². The summed E-state index contributed by atoms with van der Waals surface area (Å²) in [4.78, 5) is 2.04. The second-order valence-corrected chi connectivity index (χ2v) is 5.22. The molecule has 1 unspecified atom stereocenters. The Bertz CT molecular complexity index is 544. The molecule has 1 aromatic carbocycles. The van der Waals surface area contributed by atoms with Crippen molar-refractivity contribution in [2.45, 2.75) is 12.6 Å². The predicted octanol–water partition coefficient (Wildman–Crippen LogP) is 3.31. The molecule has 1 heterocycles. The van der Waals surface area contributed by atoms with Crippen LogP contribution in [0.5, 0.6) is 0 Å². The molecule has 3 nitrogen and oxygen atoms in total. The highest BCUT2D eigenvalue weighted by atomic mass is 79.9. The van der Waals surface area contributed by atoms with Crippen molar-refractivity contribution >= 4 is 15.9 Å². The molecule has 5 heteroatoms. The Morgan fingerprint density at radius 2 is 2.16 bits per heavy atom. The van der Waals surface area contributed by atoms with Crippen molar-refractivity contribution in [3.8, 4) is 0 Å². The number of halogens is 2. The van der Waals surface area contributed by atoms with Gasteiger partial charge >= 0.3 is 0 Å². The van der Waals surface area contributed by atoms with Crippen LogP contribution in [0.4, 0.5) is 4.39 Å². The number of likely N-dealkylation sites (N-methyl/N-ethyl adjacent to an activating group) is 1. The van der Waals surface area contributed by atoms with Crippen LogP contribution in [-0.2, 0) is 6.54 Å². The maximum atomic E-state index is 13.2. The monoisotopic (exact) mass is 326 g/mol. The molecule has 1 atom stereocenters. The molecule has 19 heavy (non-hydrogen) atoms. The number of hydrogen-bond acceptors (Lipinski definition) is 3. The largest absolute Gasteiger partial charge is 0.453 e. The Labute approximate surface area is 120 Å². The van der Waals surface area contributed by atoms with Gasteiger partial charge in [-0.25, -0.2) is 4.39 Å². The molecule has 2 aromatic rings. The van der Waals surface area contributed by atoms with Crippen molar-refractivity contribution in [1.29, 1.82) is 0 Å². The summed E-state index contributed by atoms with van der Waals surface area (Å²) in [6.07, 6.45) is 0. The van der Waals surface area contributed by atoms with E-state index in [2.05, 4.69) is 15.9 Å². The van der Waals surface area contributed by atoms with Gasteiger partial charge in [0.25, 0.3) is 0 Å². The summed E-state index contributed by atoms with van der Waals surface area (Å²) in [7, 11) is 1.94. The fourth-order valence-corrected chi connectivity index (χ4v) is 2.37. The lowest BCUT2D eigenvalue weighted by molar-refractivity contribution is 0.211. The van der Waals surface area contributed by atoms with E-state index in [4.69, 9.17) is 10.2 Å². The summed E-state index contributed by atoms with van der Waals surface area (Å²) in [6.45, 7) is 1.05. The zero-order valence-electron chi connectivity index (χ0n) is 10.6. The van der Waals surface area contributed by atoms with E-state index in [0.29, 0.717) is 17.8 Å². The molecule has 0 amide bonds. The molecule has 0 bridgehead atoms. The molecular formula is C14H16BrFN2O. The summed E-state index contributed by atoms with van der Waals surface area (Å²) in [5.41, 5.74) is 6.72. The predicted molar refractivity (Wildman–Crippen MR) is 76.1 cm³/mol. The number of hydrogen-bond donors (Lipinski definition) is 1. The smallest absolute Gasteiger partial charge is 0.169 e. The standard InChI is InChI=1S/C14H16BrFN2O/c1-18(9-10-3-2-4-11(16)7-10)12(8-17)13-5-6-14(15)19-13/h2-7,12H,8-9,17H2,1H3. The first-order valence-electron chi connectivity index (χ1n) is 6.00. The van der Waals surface area contributed by atoms with Crippen LogP contribution in [-0.4, -0.2) is 18.5 Å². The minimum absolute atomic E-state index is 0.0328. The van der Waals surface area contributed by atoms with Gasteiger partial charge in [0.05, 0.1) is 6.04 Å². The second-order valence-electron chi connectivity index (χ2n) is 4.44. The maximum absolute atomic E-state index is 13.2. The van der Waals surface area contributed by atoms with Crippen molar-refractivity contribution in [1.82, 2.24) is 4.90 Å². The molecular weight excluding hydrogens is 311 g/mol. The van der Waals surface area contributed by atoms with Gasteiger partial charge in [-0.2, -0.15) is 0 Å². The molecule has 0 spiro atoms. The summed E-state index contributed by atoms with van der Waals surface area (Å²) >= 11 is 3.28. The van der Waals surface area contributed by atoms with E-state index < -0.39 is 0 Å². The number of rotatable bonds is 5. The van der Waals surface area contributed by atoms with Crippen LogP contribution in [0.25, 0.3) is 0 Å². The van der Waals surface area contributed by atoms with Crippen LogP contribution in [0.2, 0.25) is 0 Å². The first kappa shape index (κ1) is 14.2. The van der Waals surface area contributed by atoms with E-state index in [1.807, 2.05) is 30.1 Å². The molecule has 0 saturated heterocycles. The van der Waals surface area contributed by atoms with Crippen LogP contribution in [0.1, 0.15) is 17.4 Å². The van der Waals surface area contributed by atoms with Gasteiger partial charge in [-0.15, -0.1) is 0 Å². The Morgan fingerprint density at radius 1 is 1.37 bits per heavy atom. The van der Waals surface area contributed by atoms with Crippen LogP contribution < -0.4 is 5.73 Å². The Morgan fingerprint density at radius 3 is 2.74 bits per heavy atom. The van der Waals surface area contributed by atoms with Crippen molar-refractivity contribution in [2.24, 2.45) is 5.73 Å². The number of furan rings is 1. The van der Waals surface area contributed by atoms with E-state index in [1.165, 1.54) is 12.1 Å². The fraction of sp³-hybridized carbons (Fsp3) is 0.286. The summed E-state index contributed by atoms with van der Waals surface area (Å²) in [6, 6.07) is 10.3. The van der Waals surface area contributed by atoms with Gasteiger partial charge in [-0.3, -0.25) is 4.90 Å². The van der Waals surface area contributed by atoms with Crippen molar-refractivity contribution in [2.75, 3.05) is 13.6 Å². The Kier molecular flexibility index (Phi) is 4.74.